The van der Waals surface area contributed by atoms with Crippen molar-refractivity contribution in [3.63, 3.8) is 0 Å². The summed E-state index contributed by atoms with van der Waals surface area (Å²) < 4.78 is 0. The number of rotatable bonds is 0. The SMILES string of the molecule is CC1CCC2=C3C(CC(O)C2(C)C)c2[nH]c4ccccc4c2CC31C. The Kier molecular flexibility index (Phi) is 3.01. The van der Waals surface area contributed by atoms with Crippen molar-refractivity contribution >= 4 is 10.9 Å². The maximum atomic E-state index is 11.0. The van der Waals surface area contributed by atoms with Crippen LogP contribution in [-0.2, 0) is 6.42 Å². The maximum absolute atomic E-state index is 11.0. The van der Waals surface area contributed by atoms with Crippen molar-refractivity contribution in [2.45, 2.75) is 65.4 Å². The highest BCUT2D eigenvalue weighted by molar-refractivity contribution is 5.86. The molecule has 0 radical (unpaired) electrons. The number of hydrogen-bond donors (Lipinski definition) is 2. The second-order valence-electron chi connectivity index (χ2n) is 9.51. The van der Waals surface area contributed by atoms with Crippen LogP contribution in [0.5, 0.6) is 0 Å². The molecule has 0 fully saturated rings. The molecule has 0 bridgehead atoms. The van der Waals surface area contributed by atoms with Gasteiger partial charge in [0, 0.05) is 27.9 Å². The van der Waals surface area contributed by atoms with Crippen LogP contribution in [0.25, 0.3) is 10.9 Å². The van der Waals surface area contributed by atoms with Crippen LogP contribution in [0, 0.1) is 16.7 Å². The first-order chi connectivity index (χ1) is 11.8. The topological polar surface area (TPSA) is 36.0 Å². The lowest BCUT2D eigenvalue weighted by atomic mass is 9.49. The van der Waals surface area contributed by atoms with Gasteiger partial charge in [-0.15, -0.1) is 0 Å². The number of aliphatic hydroxyl groups excluding tert-OH is 1. The summed E-state index contributed by atoms with van der Waals surface area (Å²) in [5.41, 5.74) is 7.51. The van der Waals surface area contributed by atoms with E-state index in [1.807, 2.05) is 0 Å². The fraction of sp³-hybridized carbons (Fsp3) is 0.565. The Hall–Kier alpha value is -1.54. The molecule has 132 valence electrons. The summed E-state index contributed by atoms with van der Waals surface area (Å²) in [7, 11) is 0. The highest BCUT2D eigenvalue weighted by Gasteiger charge is 2.54. The molecule has 4 atom stereocenters. The quantitative estimate of drug-likeness (QED) is 0.627. The summed E-state index contributed by atoms with van der Waals surface area (Å²) in [4.78, 5) is 3.74. The molecule has 2 nitrogen and oxygen atoms in total. The molecule has 0 saturated heterocycles. The highest BCUT2D eigenvalue weighted by atomic mass is 16.3. The van der Waals surface area contributed by atoms with Crippen molar-refractivity contribution in [1.82, 2.24) is 4.98 Å². The van der Waals surface area contributed by atoms with Crippen LogP contribution in [0.4, 0.5) is 0 Å². The summed E-state index contributed by atoms with van der Waals surface area (Å²) in [6, 6.07) is 8.73. The van der Waals surface area contributed by atoms with Crippen molar-refractivity contribution in [3.8, 4) is 0 Å². The molecule has 25 heavy (non-hydrogen) atoms. The number of nitrogens with one attached hydrogen (secondary N) is 1. The van der Waals surface area contributed by atoms with E-state index in [1.54, 1.807) is 11.1 Å². The first-order valence-electron chi connectivity index (χ1n) is 9.85. The lowest BCUT2D eigenvalue weighted by molar-refractivity contribution is 0.0303. The molecule has 0 amide bonds. The number of aromatic nitrogens is 1. The van der Waals surface area contributed by atoms with Crippen LogP contribution in [0.3, 0.4) is 0 Å². The minimum Gasteiger partial charge on any atom is -0.392 e. The molecule has 0 aliphatic heterocycles. The lowest BCUT2D eigenvalue weighted by Gasteiger charge is -2.56. The average molecular weight is 335 g/mol. The van der Waals surface area contributed by atoms with Crippen molar-refractivity contribution in [1.29, 1.82) is 0 Å². The monoisotopic (exact) mass is 335 g/mol. The zero-order valence-electron chi connectivity index (χ0n) is 15.8. The van der Waals surface area contributed by atoms with Gasteiger partial charge in [-0.3, -0.25) is 0 Å². The first-order valence-corrected chi connectivity index (χ1v) is 9.85. The molecule has 2 heteroatoms. The van der Waals surface area contributed by atoms with Gasteiger partial charge in [0.15, 0.2) is 0 Å². The predicted molar refractivity (Wildman–Crippen MR) is 103 cm³/mol. The number of aliphatic hydroxyl groups is 1. The van der Waals surface area contributed by atoms with Crippen molar-refractivity contribution < 1.29 is 5.11 Å². The summed E-state index contributed by atoms with van der Waals surface area (Å²) in [6.07, 6.45) is 4.13. The second-order valence-corrected chi connectivity index (χ2v) is 9.51. The van der Waals surface area contributed by atoms with E-state index >= 15 is 0 Å². The maximum Gasteiger partial charge on any atom is 0.0637 e. The molecular weight excluding hydrogens is 306 g/mol. The number of fused-ring (bicyclic) bond motifs is 4. The zero-order chi connectivity index (χ0) is 17.6. The van der Waals surface area contributed by atoms with Crippen molar-refractivity contribution in [2.75, 3.05) is 0 Å². The Morgan fingerprint density at radius 1 is 1.16 bits per heavy atom. The van der Waals surface area contributed by atoms with Gasteiger partial charge in [0.05, 0.1) is 6.10 Å². The van der Waals surface area contributed by atoms with E-state index in [9.17, 15) is 5.11 Å². The minimum atomic E-state index is -0.258. The fourth-order valence-electron chi connectivity index (χ4n) is 6.15. The van der Waals surface area contributed by atoms with Gasteiger partial charge < -0.3 is 10.1 Å². The smallest absolute Gasteiger partial charge is 0.0637 e. The van der Waals surface area contributed by atoms with E-state index in [4.69, 9.17) is 0 Å². The number of allylic oxidation sites excluding steroid dienone is 1. The predicted octanol–water partition coefficient (Wildman–Crippen LogP) is 5.33. The Morgan fingerprint density at radius 3 is 2.72 bits per heavy atom. The van der Waals surface area contributed by atoms with E-state index in [2.05, 4.69) is 56.9 Å². The van der Waals surface area contributed by atoms with E-state index in [0.717, 1.165) is 19.3 Å². The van der Waals surface area contributed by atoms with Crippen molar-refractivity contribution in [2.24, 2.45) is 16.7 Å². The number of para-hydroxylation sites is 1. The van der Waals surface area contributed by atoms with Crippen LogP contribution >= 0.6 is 0 Å². The molecule has 3 aliphatic carbocycles. The number of benzene rings is 1. The average Bonchev–Trinajstić information content (AvgIpc) is 2.93. The fourth-order valence-corrected chi connectivity index (χ4v) is 6.15. The Labute approximate surface area is 150 Å². The van der Waals surface area contributed by atoms with E-state index in [0.29, 0.717) is 11.8 Å². The molecule has 0 saturated carbocycles. The summed E-state index contributed by atoms with van der Waals surface area (Å²) in [5, 5.41) is 12.4. The van der Waals surface area contributed by atoms with E-state index in [-0.39, 0.29) is 16.9 Å². The Morgan fingerprint density at radius 2 is 1.92 bits per heavy atom. The van der Waals surface area contributed by atoms with Gasteiger partial charge in [-0.1, -0.05) is 57.0 Å². The molecule has 2 aromatic rings. The lowest BCUT2D eigenvalue weighted by Crippen LogP contribution is -2.48. The molecule has 2 N–H and O–H groups in total. The van der Waals surface area contributed by atoms with Crippen LogP contribution in [0.15, 0.2) is 35.4 Å². The van der Waals surface area contributed by atoms with Gasteiger partial charge in [-0.05, 0) is 48.6 Å². The summed E-state index contributed by atoms with van der Waals surface area (Å²) >= 11 is 0. The van der Waals surface area contributed by atoms with Gasteiger partial charge in [0.2, 0.25) is 0 Å². The molecule has 1 heterocycles. The number of aromatic amines is 1. The third kappa shape index (κ3) is 1.84. The van der Waals surface area contributed by atoms with Crippen LogP contribution in [0.1, 0.15) is 64.1 Å². The second kappa shape index (κ2) is 4.79. The largest absolute Gasteiger partial charge is 0.392 e. The summed E-state index contributed by atoms with van der Waals surface area (Å²) in [6.45, 7) is 9.46. The van der Waals surface area contributed by atoms with Crippen LogP contribution < -0.4 is 0 Å². The van der Waals surface area contributed by atoms with Crippen LogP contribution in [0.2, 0.25) is 0 Å². The molecule has 0 spiro atoms. The number of hydrogen-bond acceptors (Lipinski definition) is 1. The Bertz CT molecular complexity index is 902. The minimum absolute atomic E-state index is 0.0866. The first kappa shape index (κ1) is 15.7. The van der Waals surface area contributed by atoms with Crippen LogP contribution in [-0.4, -0.2) is 16.2 Å². The molecule has 1 aromatic heterocycles. The van der Waals surface area contributed by atoms with E-state index in [1.165, 1.54) is 28.6 Å². The standard InChI is InChI=1S/C23H29NO/c1-13-9-10-17-20-15(11-19(25)22(17,2)3)21-16(12-23(13,20)4)14-7-5-6-8-18(14)24-21/h5-8,13,15,19,24-25H,9-12H2,1-4H3. The third-order valence-corrected chi connectivity index (χ3v) is 8.01. The Balaban J connectivity index is 1.84. The van der Waals surface area contributed by atoms with Gasteiger partial charge in [-0.25, -0.2) is 0 Å². The summed E-state index contributed by atoms with van der Waals surface area (Å²) in [5.74, 6) is 1.06. The number of H-pyrrole nitrogens is 1. The van der Waals surface area contributed by atoms with Crippen molar-refractivity contribution in [3.05, 3.63) is 46.7 Å². The molecular formula is C23H29NO. The van der Waals surface area contributed by atoms with Gasteiger partial charge in [-0.2, -0.15) is 0 Å². The van der Waals surface area contributed by atoms with Gasteiger partial charge >= 0.3 is 0 Å². The molecule has 5 rings (SSSR count). The van der Waals surface area contributed by atoms with Gasteiger partial charge in [0.1, 0.15) is 0 Å². The molecule has 1 aromatic carbocycles. The van der Waals surface area contributed by atoms with E-state index < -0.39 is 0 Å². The van der Waals surface area contributed by atoms with Gasteiger partial charge in [0.25, 0.3) is 0 Å². The molecule has 3 aliphatic rings. The molecule has 4 unspecified atom stereocenters. The zero-order valence-corrected chi connectivity index (χ0v) is 15.8. The normalized spacial score (nSPS) is 36.3. The highest BCUT2D eigenvalue weighted by Crippen LogP contribution is 2.63. The third-order valence-electron chi connectivity index (χ3n) is 8.01.